The lowest BCUT2D eigenvalue weighted by atomic mass is 10.1. The van der Waals surface area contributed by atoms with Crippen molar-refractivity contribution >= 4 is 40.7 Å². The van der Waals surface area contributed by atoms with Crippen LogP contribution >= 0.6 is 12.4 Å². The Hall–Kier alpha value is -2.11. The summed E-state index contributed by atoms with van der Waals surface area (Å²) in [7, 11) is 0. The largest absolute Gasteiger partial charge is 0.370 e. The molecular formula is C15H18ClN3O2. The number of nitrogens with one attached hydrogen (secondary N) is 1. The minimum atomic E-state index is -0.742. The van der Waals surface area contributed by atoms with Crippen molar-refractivity contribution in [2.75, 3.05) is 5.32 Å². The summed E-state index contributed by atoms with van der Waals surface area (Å²) in [6.45, 7) is 0. The Morgan fingerprint density at radius 2 is 1.76 bits per heavy atom. The molecule has 1 atom stereocenters. The molecule has 6 heteroatoms. The second-order valence-corrected chi connectivity index (χ2v) is 4.66. The maximum Gasteiger partial charge on any atom is 0.241 e. The number of anilines is 1. The molecule has 2 aromatic carbocycles. The first-order valence-electron chi connectivity index (χ1n) is 6.40. The highest BCUT2D eigenvalue weighted by molar-refractivity contribution is 5.97. The number of hydrogen-bond donors (Lipinski definition) is 3. The minimum Gasteiger partial charge on any atom is -0.370 e. The zero-order valence-corrected chi connectivity index (χ0v) is 12.2. The van der Waals surface area contributed by atoms with E-state index in [9.17, 15) is 9.59 Å². The van der Waals surface area contributed by atoms with E-state index in [1.54, 1.807) is 0 Å². The molecule has 5 N–H and O–H groups in total. The van der Waals surface area contributed by atoms with Gasteiger partial charge in [0.05, 0.1) is 6.04 Å². The first kappa shape index (κ1) is 16.9. The van der Waals surface area contributed by atoms with Crippen molar-refractivity contribution < 1.29 is 9.59 Å². The second kappa shape index (κ2) is 7.61. The number of hydrogen-bond acceptors (Lipinski definition) is 3. The van der Waals surface area contributed by atoms with Gasteiger partial charge in [-0.05, 0) is 29.3 Å². The maximum atomic E-state index is 11.9. The standard InChI is InChI=1S/C15H17N3O2.ClH/c16-13(7-8-14(17)19)15(20)18-12-6-5-10-3-1-2-4-11(10)9-12;/h1-6,9,13H,7-8,16H2,(H2,17,19)(H,18,20);1H/t13-;/m0./s1. The van der Waals surface area contributed by atoms with E-state index in [2.05, 4.69) is 5.32 Å². The van der Waals surface area contributed by atoms with Crippen molar-refractivity contribution in [3.8, 4) is 0 Å². The first-order chi connectivity index (χ1) is 9.56. The Kier molecular flexibility index (Phi) is 6.14. The van der Waals surface area contributed by atoms with Crippen molar-refractivity contribution in [1.82, 2.24) is 0 Å². The lowest BCUT2D eigenvalue weighted by Gasteiger charge is -2.12. The fourth-order valence-electron chi connectivity index (χ4n) is 1.93. The number of benzene rings is 2. The number of halogens is 1. The van der Waals surface area contributed by atoms with E-state index < -0.39 is 11.9 Å². The molecule has 0 aliphatic carbocycles. The fourth-order valence-corrected chi connectivity index (χ4v) is 1.93. The Morgan fingerprint density at radius 1 is 1.10 bits per heavy atom. The molecule has 0 unspecified atom stereocenters. The average molecular weight is 308 g/mol. The first-order valence-corrected chi connectivity index (χ1v) is 6.40. The van der Waals surface area contributed by atoms with Gasteiger partial charge in [-0.2, -0.15) is 0 Å². The number of rotatable bonds is 5. The quantitative estimate of drug-likeness (QED) is 0.785. The van der Waals surface area contributed by atoms with Gasteiger partial charge < -0.3 is 16.8 Å². The Labute approximate surface area is 129 Å². The third-order valence-electron chi connectivity index (χ3n) is 3.06. The van der Waals surface area contributed by atoms with Gasteiger partial charge in [-0.15, -0.1) is 12.4 Å². The predicted molar refractivity (Wildman–Crippen MR) is 86.2 cm³/mol. The lowest BCUT2D eigenvalue weighted by Crippen LogP contribution is -2.36. The second-order valence-electron chi connectivity index (χ2n) is 4.66. The van der Waals surface area contributed by atoms with Crippen LogP contribution in [-0.4, -0.2) is 17.9 Å². The van der Waals surface area contributed by atoms with Crippen LogP contribution in [0.25, 0.3) is 10.8 Å². The van der Waals surface area contributed by atoms with Gasteiger partial charge in [0.2, 0.25) is 11.8 Å². The van der Waals surface area contributed by atoms with Crippen molar-refractivity contribution in [2.24, 2.45) is 11.5 Å². The number of fused-ring (bicyclic) bond motifs is 1. The number of nitrogens with two attached hydrogens (primary N) is 2. The third kappa shape index (κ3) is 4.73. The predicted octanol–water partition coefficient (Wildman–Crippen LogP) is 1.79. The van der Waals surface area contributed by atoms with Crippen LogP contribution in [-0.2, 0) is 9.59 Å². The fraction of sp³-hybridized carbons (Fsp3) is 0.200. The van der Waals surface area contributed by atoms with E-state index in [0.717, 1.165) is 10.8 Å². The molecule has 5 nitrogen and oxygen atoms in total. The number of carbonyl (C=O) groups is 2. The molecule has 0 aliphatic heterocycles. The van der Waals surface area contributed by atoms with Gasteiger partial charge in [0, 0.05) is 12.1 Å². The van der Waals surface area contributed by atoms with Crippen LogP contribution in [0.5, 0.6) is 0 Å². The summed E-state index contributed by atoms with van der Waals surface area (Å²) in [6, 6.07) is 12.8. The zero-order valence-electron chi connectivity index (χ0n) is 11.4. The summed E-state index contributed by atoms with van der Waals surface area (Å²) in [5, 5.41) is 4.88. The van der Waals surface area contributed by atoms with Crippen LogP contribution in [0.15, 0.2) is 42.5 Å². The molecule has 2 rings (SSSR count). The Morgan fingerprint density at radius 3 is 2.43 bits per heavy atom. The summed E-state index contributed by atoms with van der Waals surface area (Å²) >= 11 is 0. The molecule has 112 valence electrons. The number of primary amides is 1. The molecule has 0 aliphatic rings. The van der Waals surface area contributed by atoms with Gasteiger partial charge in [0.1, 0.15) is 0 Å². The molecule has 0 radical (unpaired) electrons. The summed E-state index contributed by atoms with van der Waals surface area (Å²) in [5.41, 5.74) is 11.4. The highest BCUT2D eigenvalue weighted by Gasteiger charge is 2.14. The minimum absolute atomic E-state index is 0. The molecule has 0 bridgehead atoms. The van der Waals surface area contributed by atoms with Crippen LogP contribution < -0.4 is 16.8 Å². The van der Waals surface area contributed by atoms with Crippen molar-refractivity contribution in [1.29, 1.82) is 0 Å². The van der Waals surface area contributed by atoms with Gasteiger partial charge in [0.15, 0.2) is 0 Å². The van der Waals surface area contributed by atoms with E-state index in [0.29, 0.717) is 5.69 Å². The molecule has 0 saturated carbocycles. The molecule has 21 heavy (non-hydrogen) atoms. The summed E-state index contributed by atoms with van der Waals surface area (Å²) in [5.74, 6) is -0.777. The summed E-state index contributed by atoms with van der Waals surface area (Å²) < 4.78 is 0. The van der Waals surface area contributed by atoms with Crippen LogP contribution in [0, 0.1) is 0 Å². The molecule has 0 heterocycles. The van der Waals surface area contributed by atoms with Crippen molar-refractivity contribution in [2.45, 2.75) is 18.9 Å². The lowest BCUT2D eigenvalue weighted by molar-refractivity contribution is -0.119. The number of carbonyl (C=O) groups excluding carboxylic acids is 2. The van der Waals surface area contributed by atoms with Gasteiger partial charge in [-0.1, -0.05) is 30.3 Å². The Balaban J connectivity index is 0.00000220. The third-order valence-corrected chi connectivity index (χ3v) is 3.06. The van der Waals surface area contributed by atoms with E-state index in [-0.39, 0.29) is 31.2 Å². The topological polar surface area (TPSA) is 98.2 Å². The van der Waals surface area contributed by atoms with E-state index in [4.69, 9.17) is 11.5 Å². The van der Waals surface area contributed by atoms with Gasteiger partial charge in [0.25, 0.3) is 0 Å². The summed E-state index contributed by atoms with van der Waals surface area (Å²) in [6.07, 6.45) is 0.348. The molecule has 0 fully saturated rings. The van der Waals surface area contributed by atoms with Gasteiger partial charge >= 0.3 is 0 Å². The van der Waals surface area contributed by atoms with Crippen LogP contribution in [0.3, 0.4) is 0 Å². The van der Waals surface area contributed by atoms with Crippen LogP contribution in [0.2, 0.25) is 0 Å². The number of amides is 2. The smallest absolute Gasteiger partial charge is 0.241 e. The maximum absolute atomic E-state index is 11.9. The molecule has 0 aromatic heterocycles. The zero-order chi connectivity index (χ0) is 14.5. The highest BCUT2D eigenvalue weighted by atomic mass is 35.5. The normalized spacial score (nSPS) is 11.5. The van der Waals surface area contributed by atoms with E-state index >= 15 is 0 Å². The molecule has 2 aromatic rings. The monoisotopic (exact) mass is 307 g/mol. The van der Waals surface area contributed by atoms with Crippen LogP contribution in [0.4, 0.5) is 5.69 Å². The Bertz CT molecular complexity index is 646. The van der Waals surface area contributed by atoms with Crippen molar-refractivity contribution in [3.63, 3.8) is 0 Å². The van der Waals surface area contributed by atoms with Gasteiger partial charge in [-0.3, -0.25) is 9.59 Å². The van der Waals surface area contributed by atoms with E-state index in [1.807, 2.05) is 42.5 Å². The van der Waals surface area contributed by atoms with Crippen LogP contribution in [0.1, 0.15) is 12.8 Å². The molecular weight excluding hydrogens is 290 g/mol. The molecule has 0 saturated heterocycles. The molecule has 0 spiro atoms. The summed E-state index contributed by atoms with van der Waals surface area (Å²) in [4.78, 5) is 22.5. The van der Waals surface area contributed by atoms with Crippen molar-refractivity contribution in [3.05, 3.63) is 42.5 Å². The molecule has 2 amide bonds. The average Bonchev–Trinajstić information content (AvgIpc) is 2.44. The van der Waals surface area contributed by atoms with Gasteiger partial charge in [-0.25, -0.2) is 0 Å². The van der Waals surface area contributed by atoms with E-state index in [1.165, 1.54) is 0 Å². The highest BCUT2D eigenvalue weighted by Crippen LogP contribution is 2.19. The SMILES string of the molecule is Cl.NC(=O)CC[C@H](N)C(=O)Nc1ccc2ccccc2c1.